The molecule has 0 spiro atoms. The molecule has 0 saturated carbocycles. The maximum absolute atomic E-state index is 14.0. The summed E-state index contributed by atoms with van der Waals surface area (Å²) in [5.74, 6) is -0.218. The highest BCUT2D eigenvalue weighted by Crippen LogP contribution is 2.27. The predicted octanol–water partition coefficient (Wildman–Crippen LogP) is 4.13. The number of aromatic nitrogens is 2. The third kappa shape index (κ3) is 4.45. The first-order valence-corrected chi connectivity index (χ1v) is 10.6. The van der Waals surface area contributed by atoms with Crippen molar-refractivity contribution in [3.8, 4) is 5.69 Å². The Bertz CT molecular complexity index is 1110. The van der Waals surface area contributed by atoms with Crippen LogP contribution in [0.15, 0.2) is 48.8 Å². The summed E-state index contributed by atoms with van der Waals surface area (Å²) in [5.41, 5.74) is 1.52. The Labute approximate surface area is 181 Å². The molecule has 1 N–H and O–H groups in total. The highest BCUT2D eigenvalue weighted by Gasteiger charge is 2.32. The van der Waals surface area contributed by atoms with Gasteiger partial charge in [-0.25, -0.2) is 9.37 Å². The van der Waals surface area contributed by atoms with E-state index in [1.165, 1.54) is 0 Å². The number of fused-ring (bicyclic) bond motifs is 1. The smallest absolute Gasteiger partial charge is 0.255 e. The van der Waals surface area contributed by atoms with Gasteiger partial charge >= 0.3 is 0 Å². The number of halogens is 1. The van der Waals surface area contributed by atoms with E-state index in [1.807, 2.05) is 48.9 Å². The summed E-state index contributed by atoms with van der Waals surface area (Å²) in [6.07, 6.45) is 4.19. The number of amides is 2. The maximum atomic E-state index is 14.0. The molecule has 2 amide bonds. The van der Waals surface area contributed by atoms with Crippen LogP contribution >= 0.6 is 0 Å². The van der Waals surface area contributed by atoms with Crippen LogP contribution in [-0.4, -0.2) is 51.1 Å². The normalized spacial score (nSPS) is 16.0. The summed E-state index contributed by atoms with van der Waals surface area (Å²) < 4.78 is 16.0. The van der Waals surface area contributed by atoms with Gasteiger partial charge in [0, 0.05) is 48.2 Å². The molecule has 1 aliphatic heterocycles. The molecule has 1 aliphatic rings. The van der Waals surface area contributed by atoms with Crippen LogP contribution in [-0.2, 0) is 0 Å². The van der Waals surface area contributed by atoms with Gasteiger partial charge in [0.1, 0.15) is 11.3 Å². The summed E-state index contributed by atoms with van der Waals surface area (Å²) in [5, 5.41) is 3.72. The monoisotopic (exact) mass is 422 g/mol. The number of piperidine rings is 1. The lowest BCUT2D eigenvalue weighted by molar-refractivity contribution is 0.0503. The van der Waals surface area contributed by atoms with Crippen molar-refractivity contribution in [3.05, 3.63) is 59.9 Å². The van der Waals surface area contributed by atoms with Crippen molar-refractivity contribution >= 4 is 22.8 Å². The molecule has 1 saturated heterocycles. The third-order valence-corrected chi connectivity index (χ3v) is 5.69. The Morgan fingerprint density at radius 3 is 2.42 bits per heavy atom. The maximum Gasteiger partial charge on any atom is 0.255 e. The number of carbonyl (C=O) groups excluding carboxylic acids is 2. The zero-order chi connectivity index (χ0) is 22.2. The number of carbonyl (C=O) groups is 2. The Morgan fingerprint density at radius 1 is 1.10 bits per heavy atom. The standard InChI is InChI=1S/C24H27FN4O2/c1-16(2)27-22(30)17-4-6-20(7-5-17)29-11-8-18-14-19(15-26-21(18)29)23(31)28-12-9-24(3,25)10-13-28/h4-8,11,14-16H,9-10,12-13H2,1-3H3,(H,27,30). The van der Waals surface area contributed by atoms with Gasteiger partial charge in [0.15, 0.2) is 0 Å². The molecule has 6 nitrogen and oxygen atoms in total. The molecule has 0 unspecified atom stereocenters. The van der Waals surface area contributed by atoms with E-state index in [4.69, 9.17) is 0 Å². The van der Waals surface area contributed by atoms with Crippen LogP contribution in [0.4, 0.5) is 4.39 Å². The summed E-state index contributed by atoms with van der Waals surface area (Å²) >= 11 is 0. The first-order valence-electron chi connectivity index (χ1n) is 10.6. The van der Waals surface area contributed by atoms with Gasteiger partial charge in [0.2, 0.25) is 0 Å². The number of nitrogens with zero attached hydrogens (tertiary/aromatic N) is 3. The minimum atomic E-state index is -1.19. The number of alkyl halides is 1. The van der Waals surface area contributed by atoms with E-state index in [2.05, 4.69) is 10.3 Å². The van der Waals surface area contributed by atoms with Crippen molar-refractivity contribution in [1.82, 2.24) is 19.8 Å². The molecular formula is C24H27FN4O2. The van der Waals surface area contributed by atoms with E-state index in [1.54, 1.807) is 30.2 Å². The van der Waals surface area contributed by atoms with Gasteiger partial charge in [0.25, 0.3) is 11.8 Å². The van der Waals surface area contributed by atoms with E-state index < -0.39 is 5.67 Å². The number of likely N-dealkylation sites (tertiary alicyclic amines) is 1. The van der Waals surface area contributed by atoms with Gasteiger partial charge in [-0.05, 0) is 70.0 Å². The lowest BCUT2D eigenvalue weighted by Crippen LogP contribution is -2.43. The Morgan fingerprint density at radius 2 is 1.77 bits per heavy atom. The minimum Gasteiger partial charge on any atom is -0.350 e. The number of hydrogen-bond acceptors (Lipinski definition) is 3. The average molecular weight is 423 g/mol. The minimum absolute atomic E-state index is 0.0769. The number of pyridine rings is 1. The molecule has 0 aliphatic carbocycles. The van der Waals surface area contributed by atoms with Crippen molar-refractivity contribution < 1.29 is 14.0 Å². The Hall–Kier alpha value is -3.22. The average Bonchev–Trinajstić information content (AvgIpc) is 3.16. The summed E-state index contributed by atoms with van der Waals surface area (Å²) in [4.78, 5) is 31.2. The third-order valence-electron chi connectivity index (χ3n) is 5.69. The fourth-order valence-electron chi connectivity index (χ4n) is 3.83. The quantitative estimate of drug-likeness (QED) is 0.688. The van der Waals surface area contributed by atoms with Gasteiger partial charge in [-0.15, -0.1) is 0 Å². The van der Waals surface area contributed by atoms with Crippen molar-refractivity contribution in [2.45, 2.75) is 45.3 Å². The highest BCUT2D eigenvalue weighted by atomic mass is 19.1. The number of hydrogen-bond donors (Lipinski definition) is 1. The fraction of sp³-hybridized carbons (Fsp3) is 0.375. The van der Waals surface area contributed by atoms with Crippen LogP contribution < -0.4 is 5.32 Å². The van der Waals surface area contributed by atoms with Gasteiger partial charge in [-0.1, -0.05) is 0 Å². The van der Waals surface area contributed by atoms with Crippen LogP contribution in [0.3, 0.4) is 0 Å². The first kappa shape index (κ1) is 21.0. The predicted molar refractivity (Wildman–Crippen MR) is 118 cm³/mol. The van der Waals surface area contributed by atoms with Crippen molar-refractivity contribution in [3.63, 3.8) is 0 Å². The summed E-state index contributed by atoms with van der Waals surface area (Å²) in [6, 6.07) is 11.1. The lowest BCUT2D eigenvalue weighted by Gasteiger charge is -2.34. The molecule has 4 rings (SSSR count). The SMILES string of the molecule is CC(C)NC(=O)c1ccc(-n2ccc3cc(C(=O)N4CCC(C)(F)CC4)cnc32)cc1. The van der Waals surface area contributed by atoms with E-state index in [0.717, 1.165) is 16.7 Å². The highest BCUT2D eigenvalue weighted by molar-refractivity contribution is 5.97. The Balaban J connectivity index is 1.54. The number of nitrogens with one attached hydrogen (secondary N) is 1. The van der Waals surface area contributed by atoms with Crippen molar-refractivity contribution in [2.75, 3.05) is 13.1 Å². The molecule has 2 aromatic heterocycles. The van der Waals surface area contributed by atoms with Crippen LogP contribution in [0, 0.1) is 0 Å². The largest absolute Gasteiger partial charge is 0.350 e. The molecule has 31 heavy (non-hydrogen) atoms. The van der Waals surface area contributed by atoms with Crippen molar-refractivity contribution in [2.24, 2.45) is 0 Å². The molecule has 3 aromatic rings. The number of rotatable bonds is 4. The topological polar surface area (TPSA) is 67.2 Å². The van der Waals surface area contributed by atoms with Crippen molar-refractivity contribution in [1.29, 1.82) is 0 Å². The second kappa shape index (κ2) is 8.13. The van der Waals surface area contributed by atoms with Gasteiger partial charge in [0.05, 0.1) is 5.56 Å². The second-order valence-corrected chi connectivity index (χ2v) is 8.70. The van der Waals surface area contributed by atoms with Crippen LogP contribution in [0.2, 0.25) is 0 Å². The van der Waals surface area contributed by atoms with Gasteiger partial charge < -0.3 is 14.8 Å². The van der Waals surface area contributed by atoms with Crippen LogP contribution in [0.5, 0.6) is 0 Å². The van der Waals surface area contributed by atoms with E-state index in [-0.39, 0.29) is 17.9 Å². The molecule has 0 bridgehead atoms. The van der Waals surface area contributed by atoms with E-state index >= 15 is 0 Å². The zero-order valence-electron chi connectivity index (χ0n) is 18.1. The zero-order valence-corrected chi connectivity index (χ0v) is 18.1. The summed E-state index contributed by atoms with van der Waals surface area (Å²) in [7, 11) is 0. The molecule has 0 atom stereocenters. The summed E-state index contributed by atoms with van der Waals surface area (Å²) in [6.45, 7) is 6.27. The van der Waals surface area contributed by atoms with E-state index in [9.17, 15) is 14.0 Å². The van der Waals surface area contributed by atoms with Crippen LogP contribution in [0.25, 0.3) is 16.7 Å². The first-order chi connectivity index (χ1) is 14.7. The van der Waals surface area contributed by atoms with Gasteiger partial charge in [-0.2, -0.15) is 0 Å². The molecule has 1 fully saturated rings. The Kier molecular flexibility index (Phi) is 5.52. The molecule has 7 heteroatoms. The van der Waals surface area contributed by atoms with Gasteiger partial charge in [-0.3, -0.25) is 9.59 Å². The number of benzene rings is 1. The second-order valence-electron chi connectivity index (χ2n) is 8.70. The molecule has 0 radical (unpaired) electrons. The molecule has 1 aromatic carbocycles. The van der Waals surface area contributed by atoms with Crippen LogP contribution in [0.1, 0.15) is 54.3 Å². The fourth-order valence-corrected chi connectivity index (χ4v) is 3.83. The molecular weight excluding hydrogens is 395 g/mol. The van der Waals surface area contributed by atoms with E-state index in [0.29, 0.717) is 37.1 Å². The molecule has 162 valence electrons. The molecule has 3 heterocycles. The lowest BCUT2D eigenvalue weighted by atomic mass is 9.95.